The number of nitrogens with zero attached hydrogens (tertiary/aromatic N) is 1. The van der Waals surface area contributed by atoms with Crippen molar-refractivity contribution in [2.24, 2.45) is 0 Å². The van der Waals surface area contributed by atoms with E-state index < -0.39 is 10.0 Å². The van der Waals surface area contributed by atoms with Gasteiger partial charge < -0.3 is 4.90 Å². The van der Waals surface area contributed by atoms with Gasteiger partial charge in [-0.15, -0.1) is 0 Å². The van der Waals surface area contributed by atoms with Crippen LogP contribution in [0.5, 0.6) is 0 Å². The van der Waals surface area contributed by atoms with Gasteiger partial charge in [-0.05, 0) is 38.0 Å². The molecule has 1 amide bonds. The molecule has 0 aliphatic rings. The molecule has 1 aromatic rings. The van der Waals surface area contributed by atoms with Crippen molar-refractivity contribution in [2.45, 2.75) is 38.5 Å². The normalized spacial score (nSPS) is 11.4. The highest BCUT2D eigenvalue weighted by Crippen LogP contribution is 2.12. The van der Waals surface area contributed by atoms with E-state index in [1.807, 2.05) is 13.8 Å². The van der Waals surface area contributed by atoms with Crippen molar-refractivity contribution in [3.05, 3.63) is 29.8 Å². The Morgan fingerprint density at radius 2 is 1.67 bits per heavy atom. The topological polar surface area (TPSA) is 66.5 Å². The van der Waals surface area contributed by atoms with Crippen molar-refractivity contribution in [1.82, 2.24) is 9.62 Å². The number of sulfonamides is 1. The van der Waals surface area contributed by atoms with Gasteiger partial charge in [0, 0.05) is 26.1 Å². The van der Waals surface area contributed by atoms with Crippen LogP contribution in [0.2, 0.25) is 0 Å². The number of hydrogen-bond donors (Lipinski definition) is 1. The molecule has 0 radical (unpaired) electrons. The Morgan fingerprint density at radius 1 is 1.10 bits per heavy atom. The smallest absolute Gasteiger partial charge is 0.240 e. The first kappa shape index (κ1) is 17.7. The summed E-state index contributed by atoms with van der Waals surface area (Å²) >= 11 is 0. The van der Waals surface area contributed by atoms with E-state index in [0.29, 0.717) is 19.4 Å². The fourth-order valence-electron chi connectivity index (χ4n) is 2.09. The molecule has 1 N–H and O–H groups in total. The molecular formula is C15H24N2O3S. The zero-order valence-corrected chi connectivity index (χ0v) is 13.7. The minimum absolute atomic E-state index is 0.129. The molecule has 0 fully saturated rings. The van der Waals surface area contributed by atoms with Crippen LogP contribution in [-0.4, -0.2) is 38.9 Å². The number of aryl methyl sites for hydroxylation is 1. The van der Waals surface area contributed by atoms with Gasteiger partial charge in [-0.3, -0.25) is 4.79 Å². The Hall–Kier alpha value is -1.40. The maximum atomic E-state index is 11.9. The molecule has 1 aromatic carbocycles. The number of hydrogen-bond acceptors (Lipinski definition) is 3. The predicted molar refractivity (Wildman–Crippen MR) is 83.6 cm³/mol. The molecule has 0 atom stereocenters. The Balaban J connectivity index is 2.66. The number of carbonyl (C=O) groups excluding carboxylic acids is 1. The summed E-state index contributed by atoms with van der Waals surface area (Å²) in [4.78, 5) is 14.0. The molecule has 21 heavy (non-hydrogen) atoms. The van der Waals surface area contributed by atoms with E-state index >= 15 is 0 Å². The Bertz CT molecular complexity index is 549. The molecule has 0 aliphatic carbocycles. The second-order valence-electron chi connectivity index (χ2n) is 4.71. The highest BCUT2D eigenvalue weighted by atomic mass is 32.2. The van der Waals surface area contributed by atoms with Gasteiger partial charge in [-0.2, -0.15) is 0 Å². The molecule has 0 bridgehead atoms. The zero-order chi connectivity index (χ0) is 15.9. The van der Waals surface area contributed by atoms with Crippen LogP contribution in [0.15, 0.2) is 29.2 Å². The summed E-state index contributed by atoms with van der Waals surface area (Å²) in [5.74, 6) is 0.129. The van der Waals surface area contributed by atoms with E-state index in [9.17, 15) is 13.2 Å². The number of benzene rings is 1. The van der Waals surface area contributed by atoms with E-state index in [2.05, 4.69) is 4.72 Å². The standard InChI is InChI=1S/C15H24N2O3S/c1-4-16-21(19,20)14-10-7-13(8-11-14)9-12-15(18)17(5-2)6-3/h7-8,10-11,16H,4-6,9,12H2,1-3H3. The molecular weight excluding hydrogens is 288 g/mol. The molecule has 0 saturated heterocycles. The van der Waals surface area contributed by atoms with Crippen LogP contribution in [0, 0.1) is 0 Å². The van der Waals surface area contributed by atoms with Crippen LogP contribution in [-0.2, 0) is 21.2 Å². The first-order valence-electron chi connectivity index (χ1n) is 7.31. The number of rotatable bonds is 8. The summed E-state index contributed by atoms with van der Waals surface area (Å²) in [5, 5.41) is 0. The first-order valence-corrected chi connectivity index (χ1v) is 8.79. The lowest BCUT2D eigenvalue weighted by Gasteiger charge is -2.18. The van der Waals surface area contributed by atoms with Gasteiger partial charge in [0.1, 0.15) is 0 Å². The molecule has 0 heterocycles. The summed E-state index contributed by atoms with van der Waals surface area (Å²) in [5.41, 5.74) is 0.964. The van der Waals surface area contributed by atoms with Crippen molar-refractivity contribution in [1.29, 1.82) is 0 Å². The molecule has 118 valence electrons. The Morgan fingerprint density at radius 3 is 2.14 bits per heavy atom. The van der Waals surface area contributed by atoms with E-state index in [1.54, 1.807) is 36.1 Å². The molecule has 0 saturated carbocycles. The third kappa shape index (κ3) is 5.13. The Labute approximate surface area is 127 Å². The first-order chi connectivity index (χ1) is 9.94. The van der Waals surface area contributed by atoms with Crippen LogP contribution < -0.4 is 4.72 Å². The fourth-order valence-corrected chi connectivity index (χ4v) is 3.14. The predicted octanol–water partition coefficient (Wildman–Crippen LogP) is 1.79. The van der Waals surface area contributed by atoms with Crippen molar-refractivity contribution in [2.75, 3.05) is 19.6 Å². The second kappa shape index (κ2) is 8.14. The molecule has 0 aromatic heterocycles. The van der Waals surface area contributed by atoms with Crippen LogP contribution in [0.25, 0.3) is 0 Å². The largest absolute Gasteiger partial charge is 0.343 e. The number of amides is 1. The van der Waals surface area contributed by atoms with Crippen LogP contribution in [0.4, 0.5) is 0 Å². The number of carbonyl (C=O) groups is 1. The summed E-state index contributed by atoms with van der Waals surface area (Å²) in [6.45, 7) is 7.46. The molecule has 6 heteroatoms. The van der Waals surface area contributed by atoms with Gasteiger partial charge >= 0.3 is 0 Å². The molecule has 1 rings (SSSR count). The van der Waals surface area contributed by atoms with Crippen molar-refractivity contribution in [3.8, 4) is 0 Å². The molecule has 0 spiro atoms. The van der Waals surface area contributed by atoms with Crippen LogP contribution >= 0.6 is 0 Å². The highest BCUT2D eigenvalue weighted by molar-refractivity contribution is 7.89. The van der Waals surface area contributed by atoms with E-state index in [0.717, 1.165) is 18.7 Å². The highest BCUT2D eigenvalue weighted by Gasteiger charge is 2.13. The Kier molecular flexibility index (Phi) is 6.84. The monoisotopic (exact) mass is 312 g/mol. The van der Waals surface area contributed by atoms with E-state index in [4.69, 9.17) is 0 Å². The van der Waals surface area contributed by atoms with Gasteiger partial charge in [-0.25, -0.2) is 13.1 Å². The lowest BCUT2D eigenvalue weighted by atomic mass is 10.1. The van der Waals surface area contributed by atoms with Crippen molar-refractivity contribution >= 4 is 15.9 Å². The maximum Gasteiger partial charge on any atom is 0.240 e. The molecule has 0 unspecified atom stereocenters. The third-order valence-electron chi connectivity index (χ3n) is 3.31. The summed E-state index contributed by atoms with van der Waals surface area (Å²) in [7, 11) is -3.40. The van der Waals surface area contributed by atoms with Crippen LogP contribution in [0.3, 0.4) is 0 Å². The third-order valence-corrected chi connectivity index (χ3v) is 4.87. The van der Waals surface area contributed by atoms with E-state index in [-0.39, 0.29) is 10.8 Å². The average molecular weight is 312 g/mol. The van der Waals surface area contributed by atoms with Gasteiger partial charge in [0.2, 0.25) is 15.9 Å². The summed E-state index contributed by atoms with van der Waals surface area (Å²) in [6, 6.07) is 6.68. The van der Waals surface area contributed by atoms with Crippen LogP contribution in [0.1, 0.15) is 32.8 Å². The minimum atomic E-state index is -3.40. The minimum Gasteiger partial charge on any atom is -0.343 e. The fraction of sp³-hybridized carbons (Fsp3) is 0.533. The van der Waals surface area contributed by atoms with Gasteiger partial charge in [0.05, 0.1) is 4.90 Å². The van der Waals surface area contributed by atoms with Gasteiger partial charge in [0.15, 0.2) is 0 Å². The number of nitrogens with one attached hydrogen (secondary N) is 1. The second-order valence-corrected chi connectivity index (χ2v) is 6.48. The quantitative estimate of drug-likeness (QED) is 0.796. The van der Waals surface area contributed by atoms with E-state index in [1.165, 1.54) is 0 Å². The molecule has 0 aliphatic heterocycles. The lowest BCUT2D eigenvalue weighted by Crippen LogP contribution is -2.30. The summed E-state index contributed by atoms with van der Waals surface area (Å²) < 4.78 is 26.1. The maximum absolute atomic E-state index is 11.9. The van der Waals surface area contributed by atoms with Crippen molar-refractivity contribution in [3.63, 3.8) is 0 Å². The SMILES string of the molecule is CCNS(=O)(=O)c1ccc(CCC(=O)N(CC)CC)cc1. The van der Waals surface area contributed by atoms with Gasteiger partial charge in [0.25, 0.3) is 0 Å². The van der Waals surface area contributed by atoms with Gasteiger partial charge in [-0.1, -0.05) is 19.1 Å². The van der Waals surface area contributed by atoms with Crippen molar-refractivity contribution < 1.29 is 13.2 Å². The summed E-state index contributed by atoms with van der Waals surface area (Å²) in [6.07, 6.45) is 1.07. The average Bonchev–Trinajstić information content (AvgIpc) is 2.47. The molecule has 5 nitrogen and oxygen atoms in total. The lowest BCUT2D eigenvalue weighted by molar-refractivity contribution is -0.130. The zero-order valence-electron chi connectivity index (χ0n) is 12.9.